The molecule has 0 aliphatic rings. The summed E-state index contributed by atoms with van der Waals surface area (Å²) < 4.78 is 6.05. The van der Waals surface area contributed by atoms with Gasteiger partial charge in [0.05, 0.1) is 22.4 Å². The average Bonchev–Trinajstić information content (AvgIpc) is 2.68. The van der Waals surface area contributed by atoms with Crippen molar-refractivity contribution < 1.29 is 9.53 Å². The fraction of sp³-hybridized carbons (Fsp3) is 0.333. The van der Waals surface area contributed by atoms with Crippen LogP contribution in [0.5, 0.6) is 0 Å². The summed E-state index contributed by atoms with van der Waals surface area (Å²) in [6.07, 6.45) is 1.90. The molecule has 0 radical (unpaired) electrons. The zero-order valence-corrected chi connectivity index (χ0v) is 10.4. The SMILES string of the molecule is CCCCOC(=O)c1ccc2nc(N)sc2c1. The first kappa shape index (κ1) is 11.9. The van der Waals surface area contributed by atoms with E-state index in [2.05, 4.69) is 11.9 Å². The van der Waals surface area contributed by atoms with E-state index in [1.807, 2.05) is 0 Å². The quantitative estimate of drug-likeness (QED) is 0.669. The predicted molar refractivity (Wildman–Crippen MR) is 69.2 cm³/mol. The van der Waals surface area contributed by atoms with Crippen LogP contribution in [0.4, 0.5) is 5.13 Å². The third-order valence-corrected chi connectivity index (χ3v) is 3.22. The van der Waals surface area contributed by atoms with Gasteiger partial charge < -0.3 is 10.5 Å². The molecule has 0 saturated carbocycles. The fourth-order valence-corrected chi connectivity index (χ4v) is 2.24. The zero-order chi connectivity index (χ0) is 12.3. The van der Waals surface area contributed by atoms with Gasteiger partial charge in [0, 0.05) is 0 Å². The normalized spacial score (nSPS) is 10.6. The number of esters is 1. The van der Waals surface area contributed by atoms with Gasteiger partial charge in [0.15, 0.2) is 5.13 Å². The maximum Gasteiger partial charge on any atom is 0.338 e. The molecule has 0 spiro atoms. The molecule has 1 aromatic heterocycles. The summed E-state index contributed by atoms with van der Waals surface area (Å²) in [5.41, 5.74) is 6.98. The van der Waals surface area contributed by atoms with Crippen LogP contribution in [0, 0.1) is 0 Å². The Hall–Kier alpha value is -1.62. The van der Waals surface area contributed by atoms with Crippen LogP contribution in [0.2, 0.25) is 0 Å². The Bertz CT molecular complexity index is 536. The number of hydrogen-bond donors (Lipinski definition) is 1. The van der Waals surface area contributed by atoms with E-state index in [0.29, 0.717) is 17.3 Å². The predicted octanol–water partition coefficient (Wildman–Crippen LogP) is 2.84. The Morgan fingerprint density at radius 1 is 1.53 bits per heavy atom. The summed E-state index contributed by atoms with van der Waals surface area (Å²) in [5, 5.41) is 0.511. The summed E-state index contributed by atoms with van der Waals surface area (Å²) in [6, 6.07) is 5.28. The Balaban J connectivity index is 2.15. The van der Waals surface area contributed by atoms with Crippen LogP contribution < -0.4 is 5.73 Å². The van der Waals surface area contributed by atoms with Gasteiger partial charge >= 0.3 is 5.97 Å². The molecule has 0 saturated heterocycles. The second kappa shape index (κ2) is 5.14. The highest BCUT2D eigenvalue weighted by molar-refractivity contribution is 7.22. The molecule has 1 heterocycles. The van der Waals surface area contributed by atoms with E-state index in [9.17, 15) is 4.79 Å². The van der Waals surface area contributed by atoms with Crippen molar-refractivity contribution >= 4 is 32.7 Å². The lowest BCUT2D eigenvalue weighted by Gasteiger charge is -2.03. The molecule has 17 heavy (non-hydrogen) atoms. The van der Waals surface area contributed by atoms with Crippen LogP contribution in [0.1, 0.15) is 30.1 Å². The van der Waals surface area contributed by atoms with Gasteiger partial charge in [-0.3, -0.25) is 0 Å². The highest BCUT2D eigenvalue weighted by Gasteiger charge is 2.09. The molecule has 0 amide bonds. The number of carbonyl (C=O) groups excluding carboxylic acids is 1. The van der Waals surface area contributed by atoms with Gasteiger partial charge in [0.1, 0.15) is 0 Å². The number of nitrogens with zero attached hydrogens (tertiary/aromatic N) is 1. The molecule has 5 heteroatoms. The second-order valence-corrected chi connectivity index (χ2v) is 4.79. The average molecular weight is 250 g/mol. The van der Waals surface area contributed by atoms with E-state index >= 15 is 0 Å². The van der Waals surface area contributed by atoms with Crippen LogP contribution >= 0.6 is 11.3 Å². The number of ether oxygens (including phenoxy) is 1. The molecule has 0 atom stereocenters. The Morgan fingerprint density at radius 3 is 3.12 bits per heavy atom. The van der Waals surface area contributed by atoms with Crippen LogP contribution in [-0.2, 0) is 4.74 Å². The molecule has 1 aromatic carbocycles. The van der Waals surface area contributed by atoms with Gasteiger partial charge in [0.25, 0.3) is 0 Å². The monoisotopic (exact) mass is 250 g/mol. The maximum absolute atomic E-state index is 11.7. The maximum atomic E-state index is 11.7. The number of hydrogen-bond acceptors (Lipinski definition) is 5. The minimum atomic E-state index is -0.285. The number of fused-ring (bicyclic) bond motifs is 1. The highest BCUT2D eigenvalue weighted by Crippen LogP contribution is 2.24. The van der Waals surface area contributed by atoms with Crippen molar-refractivity contribution in [3.63, 3.8) is 0 Å². The molecule has 2 aromatic rings. The first-order valence-corrected chi connectivity index (χ1v) is 6.35. The van der Waals surface area contributed by atoms with Crippen molar-refractivity contribution in [2.24, 2.45) is 0 Å². The van der Waals surface area contributed by atoms with Crippen LogP contribution in [0.25, 0.3) is 10.2 Å². The van der Waals surface area contributed by atoms with Gasteiger partial charge in [-0.1, -0.05) is 24.7 Å². The van der Waals surface area contributed by atoms with Gasteiger partial charge in [0.2, 0.25) is 0 Å². The van der Waals surface area contributed by atoms with Crippen LogP contribution in [0.15, 0.2) is 18.2 Å². The standard InChI is InChI=1S/C12H14N2O2S/c1-2-3-6-16-11(15)8-4-5-9-10(7-8)17-12(13)14-9/h4-5,7H,2-3,6H2,1H3,(H2,13,14). The molecule has 0 aliphatic carbocycles. The number of rotatable bonds is 4. The van der Waals surface area contributed by atoms with Crippen LogP contribution in [0.3, 0.4) is 0 Å². The van der Waals surface area contributed by atoms with Crippen molar-refractivity contribution in [3.05, 3.63) is 23.8 Å². The summed E-state index contributed by atoms with van der Waals surface area (Å²) >= 11 is 1.37. The smallest absolute Gasteiger partial charge is 0.338 e. The highest BCUT2D eigenvalue weighted by atomic mass is 32.1. The van der Waals surface area contributed by atoms with Crippen LogP contribution in [-0.4, -0.2) is 17.6 Å². The molecule has 0 aliphatic heterocycles. The van der Waals surface area contributed by atoms with Gasteiger partial charge in [-0.15, -0.1) is 0 Å². The third-order valence-electron chi connectivity index (χ3n) is 2.37. The summed E-state index contributed by atoms with van der Waals surface area (Å²) in [7, 11) is 0. The molecule has 4 nitrogen and oxygen atoms in total. The lowest BCUT2D eigenvalue weighted by atomic mass is 10.2. The largest absolute Gasteiger partial charge is 0.462 e. The van der Waals surface area contributed by atoms with E-state index in [0.717, 1.165) is 23.1 Å². The first-order chi connectivity index (χ1) is 8.20. The van der Waals surface area contributed by atoms with Gasteiger partial charge in [-0.25, -0.2) is 9.78 Å². The van der Waals surface area contributed by atoms with Gasteiger partial charge in [-0.05, 0) is 24.6 Å². The number of nitrogens with two attached hydrogens (primary N) is 1. The molecule has 0 bridgehead atoms. The first-order valence-electron chi connectivity index (χ1n) is 5.54. The molecule has 0 fully saturated rings. The zero-order valence-electron chi connectivity index (χ0n) is 9.60. The molecular formula is C12H14N2O2S. The van der Waals surface area contributed by atoms with E-state index in [1.165, 1.54) is 11.3 Å². The van der Waals surface area contributed by atoms with Crippen molar-refractivity contribution in [1.29, 1.82) is 0 Å². The van der Waals surface area contributed by atoms with Crippen molar-refractivity contribution in [1.82, 2.24) is 4.98 Å². The summed E-state index contributed by atoms with van der Waals surface area (Å²) in [6.45, 7) is 2.53. The third kappa shape index (κ3) is 2.74. The second-order valence-electron chi connectivity index (χ2n) is 3.72. The Labute approximate surface area is 103 Å². The number of unbranched alkanes of at least 4 members (excludes halogenated alkanes) is 1. The number of anilines is 1. The van der Waals surface area contributed by atoms with Gasteiger partial charge in [-0.2, -0.15) is 0 Å². The number of benzene rings is 1. The summed E-state index contributed by atoms with van der Waals surface area (Å²) in [5.74, 6) is -0.285. The van der Waals surface area contributed by atoms with Crippen molar-refractivity contribution in [2.75, 3.05) is 12.3 Å². The number of nitrogen functional groups attached to an aromatic ring is 1. The van der Waals surface area contributed by atoms with Crippen molar-refractivity contribution in [2.45, 2.75) is 19.8 Å². The Morgan fingerprint density at radius 2 is 2.35 bits per heavy atom. The topological polar surface area (TPSA) is 65.2 Å². The van der Waals surface area contributed by atoms with E-state index in [1.54, 1.807) is 18.2 Å². The molecule has 2 rings (SSSR count). The molecule has 0 unspecified atom stereocenters. The minimum Gasteiger partial charge on any atom is -0.462 e. The molecule has 2 N–H and O–H groups in total. The lowest BCUT2D eigenvalue weighted by Crippen LogP contribution is -2.05. The summed E-state index contributed by atoms with van der Waals surface area (Å²) in [4.78, 5) is 15.8. The fourth-order valence-electron chi connectivity index (χ4n) is 1.46. The van der Waals surface area contributed by atoms with E-state index < -0.39 is 0 Å². The number of carbonyl (C=O) groups is 1. The molecule has 90 valence electrons. The lowest BCUT2D eigenvalue weighted by molar-refractivity contribution is 0.0500. The number of thiazole rings is 1. The van der Waals surface area contributed by atoms with E-state index in [-0.39, 0.29) is 5.97 Å². The Kier molecular flexibility index (Phi) is 3.58. The number of aromatic nitrogens is 1. The minimum absolute atomic E-state index is 0.285. The van der Waals surface area contributed by atoms with Crippen molar-refractivity contribution in [3.8, 4) is 0 Å². The van der Waals surface area contributed by atoms with E-state index in [4.69, 9.17) is 10.5 Å². The molecular weight excluding hydrogens is 236 g/mol.